The van der Waals surface area contributed by atoms with Crippen LogP contribution in [0.2, 0.25) is 10.0 Å². The zero-order valence-corrected chi connectivity index (χ0v) is 11.1. The second-order valence-corrected chi connectivity index (χ2v) is 5.55. The van der Waals surface area contributed by atoms with Gasteiger partial charge in [0.05, 0.1) is 22.6 Å². The van der Waals surface area contributed by atoms with Gasteiger partial charge in [-0.05, 0) is 18.2 Å². The van der Waals surface area contributed by atoms with E-state index in [0.29, 0.717) is 10.0 Å². The molecule has 3 rings (SSSR count). The molecule has 0 aliphatic heterocycles. The zero-order chi connectivity index (χ0) is 11.8. The predicted octanol–water partition coefficient (Wildman–Crippen LogP) is 4.45. The lowest BCUT2D eigenvalue weighted by Crippen LogP contribution is -1.95. The third-order valence-corrected chi connectivity index (χ3v) is 3.91. The first-order valence-electron chi connectivity index (χ1n) is 5.05. The molecule has 0 bridgehead atoms. The highest BCUT2D eigenvalue weighted by Gasteiger charge is 2.07. The molecule has 0 unspecified atom stereocenters. The maximum absolute atomic E-state index is 6.15. The Morgan fingerprint density at radius 3 is 2.94 bits per heavy atom. The molecule has 0 atom stereocenters. The Morgan fingerprint density at radius 2 is 2.18 bits per heavy atom. The molecule has 0 fully saturated rings. The highest BCUT2D eigenvalue weighted by molar-refractivity contribution is 7.09. The van der Waals surface area contributed by atoms with Gasteiger partial charge in [0.2, 0.25) is 0 Å². The van der Waals surface area contributed by atoms with Gasteiger partial charge in [-0.3, -0.25) is 4.98 Å². The highest BCUT2D eigenvalue weighted by atomic mass is 35.5. The molecule has 0 saturated carbocycles. The van der Waals surface area contributed by atoms with Crippen LogP contribution >= 0.6 is 34.5 Å². The predicted molar refractivity (Wildman–Crippen MR) is 73.2 cm³/mol. The van der Waals surface area contributed by atoms with E-state index in [9.17, 15) is 0 Å². The molecular formula is C12H8Cl2N2S. The molecule has 17 heavy (non-hydrogen) atoms. The summed E-state index contributed by atoms with van der Waals surface area (Å²) >= 11 is 13.8. The molecule has 0 N–H and O–H groups in total. The first-order chi connectivity index (χ1) is 8.24. The summed E-state index contributed by atoms with van der Waals surface area (Å²) in [5, 5.41) is 2.38. The van der Waals surface area contributed by atoms with Gasteiger partial charge in [0.15, 0.2) is 0 Å². The van der Waals surface area contributed by atoms with Crippen LogP contribution in [0.25, 0.3) is 10.9 Å². The van der Waals surface area contributed by atoms with E-state index in [1.807, 2.05) is 30.0 Å². The molecule has 0 radical (unpaired) electrons. The van der Waals surface area contributed by atoms with Crippen molar-refractivity contribution in [2.75, 3.05) is 0 Å². The van der Waals surface area contributed by atoms with Crippen LogP contribution in [-0.4, -0.2) is 9.55 Å². The fraction of sp³-hybridized carbons (Fsp3) is 0.0833. The van der Waals surface area contributed by atoms with Gasteiger partial charge >= 0.3 is 0 Å². The molecule has 0 spiro atoms. The topological polar surface area (TPSA) is 17.8 Å². The number of halogens is 2. The van der Waals surface area contributed by atoms with Gasteiger partial charge in [-0.2, -0.15) is 0 Å². The van der Waals surface area contributed by atoms with Crippen molar-refractivity contribution in [2.45, 2.75) is 6.54 Å². The van der Waals surface area contributed by atoms with Crippen LogP contribution in [0.4, 0.5) is 0 Å². The Hall–Kier alpha value is -1.03. The van der Waals surface area contributed by atoms with E-state index in [2.05, 4.69) is 9.55 Å². The van der Waals surface area contributed by atoms with Crippen molar-refractivity contribution >= 4 is 45.4 Å². The molecule has 2 heterocycles. The van der Waals surface area contributed by atoms with E-state index < -0.39 is 0 Å². The highest BCUT2D eigenvalue weighted by Crippen LogP contribution is 2.29. The maximum Gasteiger partial charge on any atom is 0.0794 e. The molecule has 0 amide bonds. The number of fused-ring (bicyclic) bond motifs is 1. The van der Waals surface area contributed by atoms with E-state index in [1.165, 1.54) is 4.88 Å². The Bertz CT molecular complexity index is 659. The van der Waals surface area contributed by atoms with Crippen LogP contribution in [0.15, 0.2) is 36.1 Å². The molecule has 0 aliphatic carbocycles. The van der Waals surface area contributed by atoms with Crippen molar-refractivity contribution in [1.29, 1.82) is 0 Å². The van der Waals surface area contributed by atoms with E-state index in [-0.39, 0.29) is 0 Å². The average molecular weight is 283 g/mol. The summed E-state index contributed by atoms with van der Waals surface area (Å²) in [6, 6.07) is 5.71. The molecule has 5 heteroatoms. The molecule has 86 valence electrons. The first kappa shape index (κ1) is 11.1. The fourth-order valence-electron chi connectivity index (χ4n) is 1.84. The summed E-state index contributed by atoms with van der Waals surface area (Å²) in [6.45, 7) is 0.796. The third-order valence-electron chi connectivity index (χ3n) is 2.61. The Morgan fingerprint density at radius 1 is 1.29 bits per heavy atom. The quantitative estimate of drug-likeness (QED) is 0.679. The maximum atomic E-state index is 6.15. The van der Waals surface area contributed by atoms with Crippen LogP contribution in [-0.2, 0) is 6.54 Å². The first-order valence-corrected chi connectivity index (χ1v) is 6.69. The van der Waals surface area contributed by atoms with Gasteiger partial charge in [-0.25, -0.2) is 0 Å². The van der Waals surface area contributed by atoms with Crippen molar-refractivity contribution in [2.24, 2.45) is 0 Å². The standard InChI is InChI=1S/C12H8Cl2N2S/c13-8-3-11(14)10-1-2-16(12(10)4-8)6-9-5-15-7-17-9/h1-5,7H,6H2. The number of hydrogen-bond donors (Lipinski definition) is 0. The minimum Gasteiger partial charge on any atom is -0.342 e. The molecule has 3 aromatic rings. The second kappa shape index (κ2) is 4.33. The van der Waals surface area contributed by atoms with Crippen molar-refractivity contribution in [3.63, 3.8) is 0 Å². The number of aromatic nitrogens is 2. The van der Waals surface area contributed by atoms with Crippen LogP contribution in [0.3, 0.4) is 0 Å². The van der Waals surface area contributed by atoms with Crippen molar-refractivity contribution in [3.8, 4) is 0 Å². The number of nitrogens with zero attached hydrogens (tertiary/aromatic N) is 2. The van der Waals surface area contributed by atoms with Gasteiger partial charge in [0, 0.05) is 27.7 Å². The monoisotopic (exact) mass is 282 g/mol. The van der Waals surface area contributed by atoms with Crippen LogP contribution in [0.1, 0.15) is 4.88 Å². The van der Waals surface area contributed by atoms with Crippen LogP contribution in [0.5, 0.6) is 0 Å². The molecule has 0 saturated heterocycles. The Labute approximate surface area is 112 Å². The fourth-order valence-corrected chi connectivity index (χ4v) is 2.98. The summed E-state index contributed by atoms with van der Waals surface area (Å²) in [5.74, 6) is 0. The lowest BCUT2D eigenvalue weighted by Gasteiger charge is -2.04. The Kier molecular flexibility index (Phi) is 2.82. The SMILES string of the molecule is Clc1cc(Cl)c2ccn(Cc3cncs3)c2c1. The number of benzene rings is 1. The summed E-state index contributed by atoms with van der Waals surface area (Å²) < 4.78 is 2.13. The average Bonchev–Trinajstić information content (AvgIpc) is 2.89. The van der Waals surface area contributed by atoms with Gasteiger partial charge in [-0.15, -0.1) is 11.3 Å². The van der Waals surface area contributed by atoms with Gasteiger partial charge in [-0.1, -0.05) is 23.2 Å². The number of hydrogen-bond acceptors (Lipinski definition) is 2. The van der Waals surface area contributed by atoms with Crippen LogP contribution < -0.4 is 0 Å². The number of thiazole rings is 1. The molecule has 2 nitrogen and oxygen atoms in total. The molecule has 2 aromatic heterocycles. The van der Waals surface area contributed by atoms with E-state index in [0.717, 1.165) is 17.4 Å². The van der Waals surface area contributed by atoms with Gasteiger partial charge in [0.25, 0.3) is 0 Å². The smallest absolute Gasteiger partial charge is 0.0794 e. The summed E-state index contributed by atoms with van der Waals surface area (Å²) in [6.07, 6.45) is 3.90. The Balaban J connectivity index is 2.11. The van der Waals surface area contributed by atoms with E-state index >= 15 is 0 Å². The van der Waals surface area contributed by atoms with Crippen molar-refractivity contribution in [3.05, 3.63) is 51.0 Å². The summed E-state index contributed by atoms with van der Waals surface area (Å²) in [7, 11) is 0. The normalized spacial score (nSPS) is 11.2. The van der Waals surface area contributed by atoms with Gasteiger partial charge < -0.3 is 4.57 Å². The third kappa shape index (κ3) is 2.06. The minimum absolute atomic E-state index is 0.659. The molecule has 1 aromatic carbocycles. The van der Waals surface area contributed by atoms with E-state index in [4.69, 9.17) is 23.2 Å². The van der Waals surface area contributed by atoms with E-state index in [1.54, 1.807) is 17.4 Å². The lowest BCUT2D eigenvalue weighted by molar-refractivity contribution is 0.849. The van der Waals surface area contributed by atoms with Crippen molar-refractivity contribution in [1.82, 2.24) is 9.55 Å². The summed E-state index contributed by atoms with van der Waals surface area (Å²) in [5.41, 5.74) is 2.89. The number of rotatable bonds is 2. The van der Waals surface area contributed by atoms with Crippen molar-refractivity contribution < 1.29 is 0 Å². The molecular weight excluding hydrogens is 275 g/mol. The van der Waals surface area contributed by atoms with Crippen LogP contribution in [0, 0.1) is 0 Å². The largest absolute Gasteiger partial charge is 0.342 e. The van der Waals surface area contributed by atoms with Gasteiger partial charge in [0.1, 0.15) is 0 Å². The molecule has 0 aliphatic rings. The lowest BCUT2D eigenvalue weighted by atomic mass is 10.2. The second-order valence-electron chi connectivity index (χ2n) is 3.73. The minimum atomic E-state index is 0.659. The zero-order valence-electron chi connectivity index (χ0n) is 8.73. The summed E-state index contributed by atoms with van der Waals surface area (Å²) in [4.78, 5) is 5.28.